The van der Waals surface area contributed by atoms with Gasteiger partial charge in [-0.05, 0) is 25.8 Å². The highest BCUT2D eigenvalue weighted by atomic mass is 19.1. The number of nitrogens with zero attached hydrogens (tertiary/aromatic N) is 7. The van der Waals surface area contributed by atoms with Gasteiger partial charge in [0.15, 0.2) is 23.0 Å². The van der Waals surface area contributed by atoms with E-state index in [1.165, 1.54) is 23.8 Å². The van der Waals surface area contributed by atoms with Crippen molar-refractivity contribution in [2.75, 3.05) is 30.8 Å². The number of nitrogens with two attached hydrogens (primary N) is 1. The van der Waals surface area contributed by atoms with Crippen molar-refractivity contribution >= 4 is 28.2 Å². The molecule has 4 aromatic rings. The molecule has 1 fully saturated rings. The second-order valence-corrected chi connectivity index (χ2v) is 7.95. The maximum absolute atomic E-state index is 14.4. The van der Waals surface area contributed by atoms with Gasteiger partial charge in [-0.1, -0.05) is 12.2 Å². The van der Waals surface area contributed by atoms with Gasteiger partial charge in [-0.2, -0.15) is 9.61 Å². The molecule has 3 aromatic heterocycles. The third kappa shape index (κ3) is 3.51. The molecule has 0 radical (unpaired) electrons. The molecule has 0 spiro atoms. The molecule has 166 valence electrons. The second-order valence-electron chi connectivity index (χ2n) is 7.95. The molecule has 1 atom stereocenters. The highest BCUT2D eigenvalue weighted by Gasteiger charge is 2.27. The zero-order valence-corrected chi connectivity index (χ0v) is 18.1. The van der Waals surface area contributed by atoms with Crippen LogP contribution in [0.3, 0.4) is 0 Å². The van der Waals surface area contributed by atoms with E-state index in [0.717, 1.165) is 38.2 Å². The monoisotopic (exact) mass is 436 g/mol. The summed E-state index contributed by atoms with van der Waals surface area (Å²) in [4.78, 5) is 11.4. The number of fused-ring (bicyclic) bond motifs is 3. The Balaban J connectivity index is 1.47. The highest BCUT2D eigenvalue weighted by molar-refractivity contribution is 5.93. The Morgan fingerprint density at radius 2 is 2.19 bits per heavy atom. The van der Waals surface area contributed by atoms with Gasteiger partial charge < -0.3 is 15.4 Å². The first kappa shape index (κ1) is 20.2. The van der Waals surface area contributed by atoms with E-state index >= 15 is 0 Å². The first-order valence-corrected chi connectivity index (χ1v) is 10.7. The molecule has 0 amide bonds. The summed E-state index contributed by atoms with van der Waals surface area (Å²) in [5.74, 6) is 0.661. The van der Waals surface area contributed by atoms with Gasteiger partial charge >= 0.3 is 0 Å². The average Bonchev–Trinajstić information content (AvgIpc) is 3.46. The summed E-state index contributed by atoms with van der Waals surface area (Å²) in [6, 6.07) is 2.91. The fraction of sp³-hybridized carbons (Fsp3) is 0.364. The lowest BCUT2D eigenvalue weighted by molar-refractivity contribution is 0.387. The van der Waals surface area contributed by atoms with Gasteiger partial charge in [-0.3, -0.25) is 4.68 Å². The van der Waals surface area contributed by atoms with Crippen LogP contribution in [0.4, 0.5) is 16.0 Å². The van der Waals surface area contributed by atoms with Crippen molar-refractivity contribution in [1.82, 2.24) is 29.4 Å². The Labute approximate surface area is 184 Å². The number of nitrogen functional groups attached to an aromatic ring is 1. The van der Waals surface area contributed by atoms with E-state index in [1.807, 2.05) is 23.9 Å². The Bertz CT molecular complexity index is 1310. The van der Waals surface area contributed by atoms with Gasteiger partial charge in [-0.25, -0.2) is 14.4 Å². The minimum Gasteiger partial charge on any atom is -0.494 e. The number of piperidine rings is 1. The molecule has 1 aliphatic heterocycles. The summed E-state index contributed by atoms with van der Waals surface area (Å²) < 4.78 is 22.9. The number of hydrogen-bond acceptors (Lipinski definition) is 7. The molecule has 1 aromatic carbocycles. The van der Waals surface area contributed by atoms with Crippen LogP contribution in [0.25, 0.3) is 16.6 Å². The van der Waals surface area contributed by atoms with E-state index in [4.69, 9.17) is 15.5 Å². The summed E-state index contributed by atoms with van der Waals surface area (Å²) in [5, 5.41) is 9.64. The number of methoxy groups -OCH3 is 1. The Morgan fingerprint density at radius 3 is 3.00 bits per heavy atom. The number of aromatic nitrogens is 6. The van der Waals surface area contributed by atoms with Crippen molar-refractivity contribution in [2.24, 2.45) is 0 Å². The first-order valence-electron chi connectivity index (χ1n) is 10.7. The lowest BCUT2D eigenvalue weighted by Gasteiger charge is -2.32. The molecule has 32 heavy (non-hydrogen) atoms. The number of hydrogen-bond donors (Lipinski definition) is 1. The van der Waals surface area contributed by atoms with Crippen molar-refractivity contribution in [3.63, 3.8) is 0 Å². The van der Waals surface area contributed by atoms with E-state index in [9.17, 15) is 4.39 Å². The van der Waals surface area contributed by atoms with E-state index < -0.39 is 5.82 Å². The Morgan fingerprint density at radius 1 is 1.31 bits per heavy atom. The maximum atomic E-state index is 14.4. The number of benzene rings is 1. The molecular formula is C22H25FN8O. The normalized spacial score (nSPS) is 17.1. The molecule has 1 aliphatic rings. The van der Waals surface area contributed by atoms with Crippen molar-refractivity contribution in [3.05, 3.63) is 48.3 Å². The summed E-state index contributed by atoms with van der Waals surface area (Å²) in [7, 11) is 1.42. The SMILES string of the molecule is C/C=C/Cn1cc(N2CCC[C@@H](c3nc4c5cc(F)c(OC)cc5nc(N)n4n3)C2)cn1. The third-order valence-corrected chi connectivity index (χ3v) is 5.89. The van der Waals surface area contributed by atoms with E-state index in [1.54, 1.807) is 0 Å². The van der Waals surface area contributed by atoms with Gasteiger partial charge in [0.2, 0.25) is 5.95 Å². The van der Waals surface area contributed by atoms with E-state index in [0.29, 0.717) is 22.4 Å². The Kier molecular flexibility index (Phi) is 5.12. The van der Waals surface area contributed by atoms with Gasteiger partial charge in [-0.15, -0.1) is 5.10 Å². The molecule has 0 aliphatic carbocycles. The number of halogens is 1. The van der Waals surface area contributed by atoms with Crippen LogP contribution in [0.15, 0.2) is 36.7 Å². The predicted octanol–water partition coefficient (Wildman–Crippen LogP) is 3.16. The van der Waals surface area contributed by atoms with Crippen LogP contribution in [0.2, 0.25) is 0 Å². The molecule has 0 saturated carbocycles. The summed E-state index contributed by atoms with van der Waals surface area (Å²) in [6.07, 6.45) is 10.0. The fourth-order valence-electron chi connectivity index (χ4n) is 4.23. The highest BCUT2D eigenvalue weighted by Crippen LogP contribution is 2.31. The molecular weight excluding hydrogens is 411 g/mol. The Hall–Kier alpha value is -3.69. The van der Waals surface area contributed by atoms with E-state index in [2.05, 4.69) is 32.4 Å². The molecule has 1 saturated heterocycles. The van der Waals surface area contributed by atoms with Gasteiger partial charge in [0, 0.05) is 36.7 Å². The van der Waals surface area contributed by atoms with Gasteiger partial charge in [0.1, 0.15) is 0 Å². The van der Waals surface area contributed by atoms with Crippen molar-refractivity contribution in [3.8, 4) is 5.75 Å². The summed E-state index contributed by atoms with van der Waals surface area (Å²) in [5.41, 5.74) is 8.25. The molecule has 4 heterocycles. The lowest BCUT2D eigenvalue weighted by atomic mass is 9.97. The topological polar surface area (TPSA) is 99.4 Å². The standard InChI is InChI=1S/C22H25FN8O/c1-3-4-8-30-13-15(11-25-30)29-7-5-6-14(12-29)20-27-21-16-9-17(23)19(32-2)10-18(16)26-22(24)31(21)28-20/h3-4,9-11,13-14H,5-8,12H2,1-2H3,(H2,24,26)/b4-3+/t14-/m1/s1. The van der Waals surface area contributed by atoms with Crippen LogP contribution < -0.4 is 15.4 Å². The second kappa shape index (κ2) is 8.10. The number of rotatable bonds is 5. The zero-order valence-electron chi connectivity index (χ0n) is 18.1. The van der Waals surface area contributed by atoms with E-state index in [-0.39, 0.29) is 17.6 Å². The zero-order chi connectivity index (χ0) is 22.2. The quantitative estimate of drug-likeness (QED) is 0.480. The molecule has 9 nitrogen and oxygen atoms in total. The molecule has 10 heteroatoms. The van der Waals surface area contributed by atoms with Crippen LogP contribution in [-0.2, 0) is 6.54 Å². The predicted molar refractivity (Wildman–Crippen MR) is 120 cm³/mol. The largest absolute Gasteiger partial charge is 0.494 e. The molecule has 5 rings (SSSR count). The third-order valence-electron chi connectivity index (χ3n) is 5.89. The number of allylic oxidation sites excluding steroid dienone is 2. The summed E-state index contributed by atoms with van der Waals surface area (Å²) >= 11 is 0. The molecule has 2 N–H and O–H groups in total. The van der Waals surface area contributed by atoms with Crippen molar-refractivity contribution < 1.29 is 9.13 Å². The average molecular weight is 436 g/mol. The number of anilines is 2. The van der Waals surface area contributed by atoms with Crippen molar-refractivity contribution in [2.45, 2.75) is 32.2 Å². The van der Waals surface area contributed by atoms with Crippen LogP contribution in [-0.4, -0.2) is 49.6 Å². The molecule has 0 bridgehead atoms. The van der Waals surface area contributed by atoms with Crippen LogP contribution in [0, 0.1) is 5.82 Å². The van der Waals surface area contributed by atoms with Crippen LogP contribution in [0.5, 0.6) is 5.75 Å². The minimum absolute atomic E-state index is 0.117. The smallest absolute Gasteiger partial charge is 0.223 e. The van der Waals surface area contributed by atoms with Crippen LogP contribution >= 0.6 is 0 Å². The van der Waals surface area contributed by atoms with Crippen molar-refractivity contribution in [1.29, 1.82) is 0 Å². The summed E-state index contributed by atoms with van der Waals surface area (Å²) in [6.45, 7) is 4.48. The van der Waals surface area contributed by atoms with Gasteiger partial charge in [0.25, 0.3) is 0 Å². The minimum atomic E-state index is -0.475. The fourth-order valence-corrected chi connectivity index (χ4v) is 4.23. The number of ether oxygens (including phenoxy) is 1. The lowest BCUT2D eigenvalue weighted by Crippen LogP contribution is -2.34. The maximum Gasteiger partial charge on any atom is 0.223 e. The van der Waals surface area contributed by atoms with Crippen LogP contribution in [0.1, 0.15) is 31.5 Å². The molecule has 0 unspecified atom stereocenters. The van der Waals surface area contributed by atoms with Gasteiger partial charge in [0.05, 0.1) is 31.1 Å². The first-order chi connectivity index (χ1) is 15.6.